The first-order valence-corrected chi connectivity index (χ1v) is 7.07. The summed E-state index contributed by atoms with van der Waals surface area (Å²) in [6.45, 7) is 1.47. The molecule has 0 fully saturated rings. The van der Waals surface area contributed by atoms with Crippen molar-refractivity contribution in [1.82, 2.24) is 14.7 Å². The van der Waals surface area contributed by atoms with Gasteiger partial charge in [0.25, 0.3) is 5.56 Å². The summed E-state index contributed by atoms with van der Waals surface area (Å²) in [5, 5.41) is 6.12. The van der Waals surface area contributed by atoms with E-state index in [1.165, 1.54) is 24.5 Å². The standard InChI is InChI=1S/C16H13FN4O3/c1-10-6-15(24-20-10)19-14(22)8-21-9-18-13(7-16(21)23)11-4-2-3-5-12(11)17/h2-7,9H,8H2,1H3,(H,19,22). The fourth-order valence-electron chi connectivity index (χ4n) is 2.12. The van der Waals surface area contributed by atoms with Crippen LogP contribution < -0.4 is 10.9 Å². The molecule has 3 aromatic rings. The second kappa shape index (κ2) is 6.45. The van der Waals surface area contributed by atoms with Crippen LogP contribution in [0.1, 0.15) is 5.69 Å². The van der Waals surface area contributed by atoms with Crippen molar-refractivity contribution in [2.24, 2.45) is 0 Å². The number of amides is 1. The molecule has 0 atom stereocenters. The maximum atomic E-state index is 13.7. The smallest absolute Gasteiger partial charge is 0.254 e. The molecule has 1 aromatic carbocycles. The lowest BCUT2D eigenvalue weighted by molar-refractivity contribution is -0.116. The number of nitrogens with one attached hydrogen (secondary N) is 1. The van der Waals surface area contributed by atoms with Gasteiger partial charge in [-0.2, -0.15) is 0 Å². The summed E-state index contributed by atoms with van der Waals surface area (Å²) < 4.78 is 19.7. The molecule has 0 aliphatic carbocycles. The van der Waals surface area contributed by atoms with Crippen LogP contribution in [0.2, 0.25) is 0 Å². The van der Waals surface area contributed by atoms with Crippen LogP contribution in [0.25, 0.3) is 11.3 Å². The van der Waals surface area contributed by atoms with Gasteiger partial charge < -0.3 is 4.52 Å². The number of nitrogens with zero attached hydrogens (tertiary/aromatic N) is 3. The predicted octanol–water partition coefficient (Wildman–Crippen LogP) is 1.98. The van der Waals surface area contributed by atoms with E-state index < -0.39 is 17.3 Å². The molecule has 1 amide bonds. The van der Waals surface area contributed by atoms with Gasteiger partial charge in [0.15, 0.2) is 0 Å². The molecule has 0 bridgehead atoms. The number of aromatic nitrogens is 3. The van der Waals surface area contributed by atoms with Crippen molar-refractivity contribution in [2.75, 3.05) is 5.32 Å². The molecule has 0 aliphatic heterocycles. The zero-order valence-corrected chi connectivity index (χ0v) is 12.7. The van der Waals surface area contributed by atoms with E-state index in [1.807, 2.05) is 0 Å². The number of rotatable bonds is 4. The highest BCUT2D eigenvalue weighted by Gasteiger charge is 2.11. The van der Waals surface area contributed by atoms with Gasteiger partial charge in [0.2, 0.25) is 11.8 Å². The van der Waals surface area contributed by atoms with Crippen LogP contribution in [0.15, 0.2) is 52.0 Å². The maximum Gasteiger partial charge on any atom is 0.254 e. The first-order valence-electron chi connectivity index (χ1n) is 7.07. The van der Waals surface area contributed by atoms with E-state index in [0.29, 0.717) is 5.69 Å². The highest BCUT2D eigenvalue weighted by Crippen LogP contribution is 2.18. The Hall–Kier alpha value is -3.29. The van der Waals surface area contributed by atoms with Crippen molar-refractivity contribution in [3.8, 4) is 11.3 Å². The number of aryl methyl sites for hydroxylation is 1. The predicted molar refractivity (Wildman–Crippen MR) is 83.8 cm³/mol. The summed E-state index contributed by atoms with van der Waals surface area (Å²) in [6, 6.07) is 8.76. The SMILES string of the molecule is Cc1cc(NC(=O)Cn2cnc(-c3ccccc3F)cc2=O)on1. The van der Waals surface area contributed by atoms with Gasteiger partial charge in [-0.25, -0.2) is 9.37 Å². The molecule has 7 nitrogen and oxygen atoms in total. The maximum absolute atomic E-state index is 13.7. The zero-order chi connectivity index (χ0) is 17.1. The average molecular weight is 328 g/mol. The van der Waals surface area contributed by atoms with Crippen LogP contribution >= 0.6 is 0 Å². The van der Waals surface area contributed by atoms with Gasteiger partial charge in [-0.05, 0) is 19.1 Å². The van der Waals surface area contributed by atoms with Crippen LogP contribution in [-0.4, -0.2) is 20.6 Å². The highest BCUT2D eigenvalue weighted by atomic mass is 19.1. The lowest BCUT2D eigenvalue weighted by atomic mass is 10.1. The first-order chi connectivity index (χ1) is 11.5. The highest BCUT2D eigenvalue weighted by molar-refractivity contribution is 5.89. The molecular weight excluding hydrogens is 315 g/mol. The Bertz CT molecular complexity index is 948. The van der Waals surface area contributed by atoms with E-state index in [0.717, 1.165) is 4.57 Å². The summed E-state index contributed by atoms with van der Waals surface area (Å²) >= 11 is 0. The Morgan fingerprint density at radius 1 is 1.33 bits per heavy atom. The topological polar surface area (TPSA) is 90.0 Å². The van der Waals surface area contributed by atoms with Crippen LogP contribution in [-0.2, 0) is 11.3 Å². The first kappa shape index (κ1) is 15.6. The molecule has 0 saturated heterocycles. The van der Waals surface area contributed by atoms with Crippen molar-refractivity contribution in [3.05, 3.63) is 64.6 Å². The monoisotopic (exact) mass is 328 g/mol. The lowest BCUT2D eigenvalue weighted by Crippen LogP contribution is -2.27. The summed E-state index contributed by atoms with van der Waals surface area (Å²) in [7, 11) is 0. The van der Waals surface area contributed by atoms with Crippen molar-refractivity contribution >= 4 is 11.8 Å². The fraction of sp³-hybridized carbons (Fsp3) is 0.125. The fourth-order valence-corrected chi connectivity index (χ4v) is 2.12. The minimum atomic E-state index is -0.472. The van der Waals surface area contributed by atoms with Gasteiger partial charge in [0.05, 0.1) is 17.7 Å². The van der Waals surface area contributed by atoms with E-state index in [-0.39, 0.29) is 23.7 Å². The summed E-state index contributed by atoms with van der Waals surface area (Å²) in [6.07, 6.45) is 1.20. The minimum Gasteiger partial charge on any atom is -0.338 e. The summed E-state index contributed by atoms with van der Waals surface area (Å²) in [4.78, 5) is 28.0. The third-order valence-corrected chi connectivity index (χ3v) is 3.23. The second-order valence-corrected chi connectivity index (χ2v) is 5.10. The van der Waals surface area contributed by atoms with Crippen molar-refractivity contribution in [3.63, 3.8) is 0 Å². The van der Waals surface area contributed by atoms with E-state index in [4.69, 9.17) is 4.52 Å². The molecule has 8 heteroatoms. The number of carbonyl (C=O) groups excluding carboxylic acids is 1. The Morgan fingerprint density at radius 3 is 2.79 bits per heavy atom. The summed E-state index contributed by atoms with van der Waals surface area (Å²) in [5.41, 5.74) is 0.592. The van der Waals surface area contributed by atoms with Crippen molar-refractivity contribution in [2.45, 2.75) is 13.5 Å². The number of benzene rings is 1. The van der Waals surface area contributed by atoms with Crippen LogP contribution in [0.5, 0.6) is 0 Å². The van der Waals surface area contributed by atoms with Crippen molar-refractivity contribution < 1.29 is 13.7 Å². The molecule has 0 aliphatic rings. The zero-order valence-electron chi connectivity index (χ0n) is 12.7. The molecular formula is C16H13FN4O3. The molecule has 0 spiro atoms. The minimum absolute atomic E-state index is 0.196. The molecule has 122 valence electrons. The van der Waals surface area contributed by atoms with Gasteiger partial charge in [-0.1, -0.05) is 17.3 Å². The third-order valence-electron chi connectivity index (χ3n) is 3.23. The Balaban J connectivity index is 1.77. The molecule has 24 heavy (non-hydrogen) atoms. The Morgan fingerprint density at radius 2 is 2.12 bits per heavy atom. The van der Waals surface area contributed by atoms with Crippen LogP contribution in [0.4, 0.5) is 10.3 Å². The largest absolute Gasteiger partial charge is 0.338 e. The Kier molecular flexibility index (Phi) is 4.19. The molecule has 0 radical (unpaired) electrons. The molecule has 2 aromatic heterocycles. The van der Waals surface area contributed by atoms with Crippen molar-refractivity contribution in [1.29, 1.82) is 0 Å². The number of hydrogen-bond donors (Lipinski definition) is 1. The second-order valence-electron chi connectivity index (χ2n) is 5.10. The molecule has 0 unspecified atom stereocenters. The molecule has 2 heterocycles. The van der Waals surface area contributed by atoms with Gasteiger partial charge in [0.1, 0.15) is 12.4 Å². The van der Waals surface area contributed by atoms with E-state index in [9.17, 15) is 14.0 Å². The lowest BCUT2D eigenvalue weighted by Gasteiger charge is -2.06. The third kappa shape index (κ3) is 3.37. The molecule has 1 N–H and O–H groups in total. The van der Waals surface area contributed by atoms with E-state index in [1.54, 1.807) is 25.1 Å². The van der Waals surface area contributed by atoms with Crippen LogP contribution in [0.3, 0.4) is 0 Å². The van der Waals surface area contributed by atoms with Crippen LogP contribution in [0, 0.1) is 12.7 Å². The normalized spacial score (nSPS) is 10.6. The van der Waals surface area contributed by atoms with Gasteiger partial charge >= 0.3 is 0 Å². The number of anilines is 1. The van der Waals surface area contributed by atoms with E-state index >= 15 is 0 Å². The van der Waals surface area contributed by atoms with E-state index in [2.05, 4.69) is 15.5 Å². The quantitative estimate of drug-likeness (QED) is 0.791. The van der Waals surface area contributed by atoms with Gasteiger partial charge in [-0.15, -0.1) is 0 Å². The van der Waals surface area contributed by atoms with Gasteiger partial charge in [0, 0.05) is 17.7 Å². The van der Waals surface area contributed by atoms with Gasteiger partial charge in [-0.3, -0.25) is 19.5 Å². The number of carbonyl (C=O) groups is 1. The number of halogens is 1. The molecule has 0 saturated carbocycles. The summed E-state index contributed by atoms with van der Waals surface area (Å²) in [5.74, 6) is -0.740. The average Bonchev–Trinajstić information content (AvgIpc) is 2.95. The molecule has 3 rings (SSSR count). The Labute approximate surface area is 135 Å². The number of hydrogen-bond acceptors (Lipinski definition) is 5.